The van der Waals surface area contributed by atoms with E-state index in [0.717, 1.165) is 46.6 Å². The number of hydrogen-bond donors (Lipinski definition) is 1. The van der Waals surface area contributed by atoms with Gasteiger partial charge < -0.3 is 9.64 Å². The predicted octanol–water partition coefficient (Wildman–Crippen LogP) is 7.67. The van der Waals surface area contributed by atoms with Gasteiger partial charge in [0, 0.05) is 24.8 Å². The van der Waals surface area contributed by atoms with Crippen molar-refractivity contribution >= 4 is 21.8 Å². The Morgan fingerprint density at radius 3 is 2.38 bits per heavy atom. The van der Waals surface area contributed by atoms with Crippen LogP contribution in [0.1, 0.15) is 86.9 Å². The van der Waals surface area contributed by atoms with E-state index in [1.54, 1.807) is 13.2 Å². The quantitative estimate of drug-likeness (QED) is 0.214. The van der Waals surface area contributed by atoms with E-state index >= 15 is 0 Å². The lowest BCUT2D eigenvalue weighted by Crippen LogP contribution is -2.37. The Bertz CT molecular complexity index is 1880. The van der Waals surface area contributed by atoms with Crippen LogP contribution in [0.4, 0.5) is 11.8 Å². The SMILES string of the molecule is COc1c2nc(nc1-c1c(C)cccc1C)NS(=O)(=O)c1cccc(c1)C(Cc1cncc(N(C)C3CCC3)n1)[C@H](CC(C)(C)C)CC2. The van der Waals surface area contributed by atoms with Crippen LogP contribution in [0.2, 0.25) is 0 Å². The van der Waals surface area contributed by atoms with Crippen LogP contribution in [-0.2, 0) is 22.9 Å². The predicted molar refractivity (Wildman–Crippen MR) is 191 cm³/mol. The van der Waals surface area contributed by atoms with Crippen molar-refractivity contribution in [3.05, 3.63) is 82.9 Å². The number of ether oxygens (including phenoxy) is 1. The molecule has 48 heavy (non-hydrogen) atoms. The zero-order chi connectivity index (χ0) is 34.2. The number of nitrogens with one attached hydrogen (secondary N) is 1. The highest BCUT2D eigenvalue weighted by Crippen LogP contribution is 2.42. The van der Waals surface area contributed by atoms with Crippen LogP contribution >= 0.6 is 0 Å². The van der Waals surface area contributed by atoms with Gasteiger partial charge in [-0.2, -0.15) is 0 Å². The van der Waals surface area contributed by atoms with E-state index in [0.29, 0.717) is 36.0 Å². The highest BCUT2D eigenvalue weighted by atomic mass is 32.2. The minimum Gasteiger partial charge on any atom is -0.493 e. The van der Waals surface area contributed by atoms with Gasteiger partial charge in [0.15, 0.2) is 5.75 Å². The third-order valence-electron chi connectivity index (χ3n) is 9.96. The molecular weight excluding hydrogens is 621 g/mol. The largest absolute Gasteiger partial charge is 0.493 e. The molecule has 2 aromatic heterocycles. The first kappa shape index (κ1) is 33.8. The van der Waals surface area contributed by atoms with Crippen LogP contribution in [0.3, 0.4) is 0 Å². The molecule has 1 N–H and O–H groups in total. The number of benzene rings is 2. The normalized spacial score (nSPS) is 19.3. The fraction of sp³-hybridized carbons (Fsp3) is 0.474. The van der Waals surface area contributed by atoms with Gasteiger partial charge in [-0.25, -0.2) is 28.1 Å². The van der Waals surface area contributed by atoms with Crippen LogP contribution in [0.15, 0.2) is 59.8 Å². The number of aryl methyl sites for hydroxylation is 3. The monoisotopic (exact) mass is 668 g/mol. The number of fused-ring (bicyclic) bond motifs is 4. The Morgan fingerprint density at radius 1 is 0.979 bits per heavy atom. The minimum absolute atomic E-state index is 0.0113. The molecule has 2 aromatic carbocycles. The third kappa shape index (κ3) is 7.18. The second kappa shape index (κ2) is 13.5. The summed E-state index contributed by atoms with van der Waals surface area (Å²) < 4.78 is 36.7. The summed E-state index contributed by atoms with van der Waals surface area (Å²) in [7, 11) is -0.267. The van der Waals surface area contributed by atoms with Gasteiger partial charge in [0.05, 0.1) is 29.6 Å². The maximum atomic E-state index is 14.0. The highest BCUT2D eigenvalue weighted by Gasteiger charge is 2.32. The van der Waals surface area contributed by atoms with Crippen molar-refractivity contribution in [2.45, 2.75) is 96.4 Å². The van der Waals surface area contributed by atoms with E-state index in [1.807, 2.05) is 56.6 Å². The first-order valence-corrected chi connectivity index (χ1v) is 18.5. The van der Waals surface area contributed by atoms with E-state index in [2.05, 4.69) is 48.5 Å². The number of hydrogen-bond acceptors (Lipinski definition) is 8. The van der Waals surface area contributed by atoms with Crippen LogP contribution in [0, 0.1) is 25.2 Å². The lowest BCUT2D eigenvalue weighted by atomic mass is 9.72. The summed E-state index contributed by atoms with van der Waals surface area (Å²) in [5, 5.41) is 0. The van der Waals surface area contributed by atoms with E-state index in [9.17, 15) is 8.42 Å². The molecule has 0 spiro atoms. The van der Waals surface area contributed by atoms with Crippen LogP contribution in [0.25, 0.3) is 11.3 Å². The van der Waals surface area contributed by atoms with Gasteiger partial charge in [-0.3, -0.25) is 4.98 Å². The Labute approximate surface area is 285 Å². The van der Waals surface area contributed by atoms with Gasteiger partial charge in [0.25, 0.3) is 10.0 Å². The van der Waals surface area contributed by atoms with Crippen LogP contribution in [-0.4, -0.2) is 48.6 Å². The zero-order valence-corrected chi connectivity index (χ0v) is 30.1. The molecule has 10 heteroatoms. The van der Waals surface area contributed by atoms with E-state index in [1.165, 1.54) is 19.3 Å². The fourth-order valence-corrected chi connectivity index (χ4v) is 8.33. The average Bonchev–Trinajstić information content (AvgIpc) is 3.00. The standard InChI is InChI=1S/C38H48N6O3S/c1-24-11-8-12-25(2)34(24)35-36(47-7)32-18-17-27(21-38(3,4)5)31(20-28-22-39-23-33(40-28)44(6)29-14-10-15-29)26-13-9-16-30(19-26)48(45,46)43-37(41-32)42-35/h8-9,11-13,16,19,22-23,27,29,31H,10,14-15,17-18,20-21H2,1-7H3,(H,41,42,43)/t27-,31?/m0/s1. The van der Waals surface area contributed by atoms with Crippen molar-refractivity contribution < 1.29 is 13.2 Å². The summed E-state index contributed by atoms with van der Waals surface area (Å²) in [5.41, 5.74) is 6.15. The zero-order valence-electron chi connectivity index (χ0n) is 29.2. The molecule has 1 saturated carbocycles. The molecular formula is C38H48N6O3S. The second-order valence-corrected chi connectivity index (χ2v) is 16.4. The van der Waals surface area contributed by atoms with E-state index < -0.39 is 10.0 Å². The molecule has 1 aliphatic heterocycles. The van der Waals surface area contributed by atoms with Gasteiger partial charge in [-0.05, 0) is 105 Å². The molecule has 1 unspecified atom stereocenters. The maximum absolute atomic E-state index is 14.0. The van der Waals surface area contributed by atoms with Crippen molar-refractivity contribution in [2.75, 3.05) is 23.8 Å². The summed E-state index contributed by atoms with van der Waals surface area (Å²) >= 11 is 0. The van der Waals surface area contributed by atoms with Gasteiger partial charge in [-0.1, -0.05) is 51.1 Å². The molecule has 0 amide bonds. The Kier molecular flexibility index (Phi) is 9.48. The molecule has 0 radical (unpaired) electrons. The molecule has 4 bridgehead atoms. The number of anilines is 2. The molecule has 254 valence electrons. The van der Waals surface area contributed by atoms with Gasteiger partial charge in [-0.15, -0.1) is 0 Å². The van der Waals surface area contributed by atoms with Crippen LogP contribution in [0.5, 0.6) is 5.75 Å². The maximum Gasteiger partial charge on any atom is 0.264 e. The molecule has 4 aromatic rings. The highest BCUT2D eigenvalue weighted by molar-refractivity contribution is 7.92. The molecule has 2 aliphatic rings. The summed E-state index contributed by atoms with van der Waals surface area (Å²) in [6.07, 6.45) is 10.3. The molecule has 1 aliphatic carbocycles. The molecule has 0 saturated heterocycles. The molecule has 3 heterocycles. The second-order valence-electron chi connectivity index (χ2n) is 14.8. The number of methoxy groups -OCH3 is 1. The van der Waals surface area contributed by atoms with E-state index in [4.69, 9.17) is 19.7 Å². The minimum atomic E-state index is -4.01. The summed E-state index contributed by atoms with van der Waals surface area (Å²) in [6.45, 7) is 10.9. The lowest BCUT2D eigenvalue weighted by Gasteiger charge is -2.36. The Morgan fingerprint density at radius 2 is 1.71 bits per heavy atom. The summed E-state index contributed by atoms with van der Waals surface area (Å²) in [5.74, 6) is 1.67. The lowest BCUT2D eigenvalue weighted by molar-refractivity contribution is 0.246. The Balaban J connectivity index is 1.48. The molecule has 2 atom stereocenters. The summed E-state index contributed by atoms with van der Waals surface area (Å²) in [6, 6.07) is 13.9. The van der Waals surface area contributed by atoms with Gasteiger partial charge >= 0.3 is 0 Å². The number of aromatic nitrogens is 4. The van der Waals surface area contributed by atoms with Crippen molar-refractivity contribution in [1.29, 1.82) is 0 Å². The van der Waals surface area contributed by atoms with Crippen molar-refractivity contribution in [2.24, 2.45) is 11.3 Å². The van der Waals surface area contributed by atoms with Gasteiger partial charge in [0.1, 0.15) is 11.5 Å². The fourth-order valence-electron chi connectivity index (χ4n) is 7.34. The summed E-state index contributed by atoms with van der Waals surface area (Å²) in [4.78, 5) is 21.7. The topological polar surface area (TPSA) is 110 Å². The van der Waals surface area contributed by atoms with Crippen molar-refractivity contribution in [1.82, 2.24) is 19.9 Å². The number of sulfonamides is 1. The average molecular weight is 669 g/mol. The van der Waals surface area contributed by atoms with Gasteiger partial charge in [0.2, 0.25) is 5.95 Å². The van der Waals surface area contributed by atoms with E-state index in [-0.39, 0.29) is 28.1 Å². The number of rotatable bonds is 7. The molecule has 1 fully saturated rings. The first-order valence-electron chi connectivity index (χ1n) is 17.0. The molecule has 6 rings (SSSR count). The smallest absolute Gasteiger partial charge is 0.264 e. The first-order chi connectivity index (χ1) is 22.8. The third-order valence-corrected chi connectivity index (χ3v) is 11.3. The molecule has 9 nitrogen and oxygen atoms in total. The Hall–Kier alpha value is -4.05. The number of nitrogens with zero attached hydrogens (tertiary/aromatic N) is 5. The van der Waals surface area contributed by atoms with Crippen molar-refractivity contribution in [3.63, 3.8) is 0 Å². The van der Waals surface area contributed by atoms with Crippen molar-refractivity contribution in [3.8, 4) is 17.0 Å². The van der Waals surface area contributed by atoms with Crippen LogP contribution < -0.4 is 14.4 Å².